The molecule has 9 heteroatoms. The smallest absolute Gasteiger partial charge is 0.357 e. The highest BCUT2D eigenvalue weighted by atomic mass is 16.5. The number of carbonyl (C=O) groups is 2. The Morgan fingerprint density at radius 2 is 2.04 bits per heavy atom. The Morgan fingerprint density at radius 1 is 1.19 bits per heavy atom. The van der Waals surface area contributed by atoms with Crippen LogP contribution in [0.5, 0.6) is 5.75 Å². The van der Waals surface area contributed by atoms with Crippen molar-refractivity contribution in [1.29, 1.82) is 0 Å². The number of rotatable bonds is 7. The van der Waals surface area contributed by atoms with Crippen LogP contribution in [0.4, 0.5) is 0 Å². The Balaban J connectivity index is 1.67. The van der Waals surface area contributed by atoms with E-state index in [4.69, 9.17) is 15.0 Å². The number of esters is 1. The molecular formula is C18H16N4O5. The van der Waals surface area contributed by atoms with Crippen molar-refractivity contribution < 1.29 is 23.6 Å². The summed E-state index contributed by atoms with van der Waals surface area (Å²) in [7, 11) is 0. The quantitative estimate of drug-likeness (QED) is 0.623. The van der Waals surface area contributed by atoms with E-state index in [-0.39, 0.29) is 12.3 Å². The number of carbonyl (C=O) groups excluding carboxylic acids is 2. The van der Waals surface area contributed by atoms with Gasteiger partial charge in [-0.3, -0.25) is 9.78 Å². The summed E-state index contributed by atoms with van der Waals surface area (Å²) in [6.45, 7) is 1.48. The first-order valence-corrected chi connectivity index (χ1v) is 7.95. The maximum Gasteiger partial charge on any atom is 0.357 e. The lowest BCUT2D eigenvalue weighted by Gasteiger charge is -2.07. The van der Waals surface area contributed by atoms with Crippen molar-refractivity contribution in [3.8, 4) is 17.1 Å². The van der Waals surface area contributed by atoms with E-state index in [0.29, 0.717) is 22.9 Å². The predicted octanol–water partition coefficient (Wildman–Crippen LogP) is 1.66. The molecule has 0 spiro atoms. The van der Waals surface area contributed by atoms with Crippen molar-refractivity contribution in [1.82, 2.24) is 15.1 Å². The lowest BCUT2D eigenvalue weighted by atomic mass is 10.1. The van der Waals surface area contributed by atoms with Crippen LogP contribution in [0.3, 0.4) is 0 Å². The van der Waals surface area contributed by atoms with Crippen LogP contribution in [0.1, 0.15) is 21.8 Å². The van der Waals surface area contributed by atoms with E-state index in [0.717, 1.165) is 5.56 Å². The molecule has 27 heavy (non-hydrogen) atoms. The third kappa shape index (κ3) is 4.46. The van der Waals surface area contributed by atoms with E-state index >= 15 is 0 Å². The van der Waals surface area contributed by atoms with E-state index in [9.17, 15) is 9.59 Å². The molecule has 138 valence electrons. The molecule has 3 rings (SSSR count). The van der Waals surface area contributed by atoms with Gasteiger partial charge in [-0.25, -0.2) is 9.78 Å². The Bertz CT molecular complexity index is 938. The van der Waals surface area contributed by atoms with Gasteiger partial charge in [-0.05, 0) is 31.2 Å². The van der Waals surface area contributed by atoms with Crippen LogP contribution in [0.15, 0.2) is 47.2 Å². The Kier molecular flexibility index (Phi) is 5.41. The molecule has 0 aliphatic heterocycles. The molecule has 0 radical (unpaired) electrons. The second-order valence-electron chi connectivity index (χ2n) is 5.49. The zero-order valence-corrected chi connectivity index (χ0v) is 14.4. The summed E-state index contributed by atoms with van der Waals surface area (Å²) in [5.41, 5.74) is 7.01. The molecule has 3 aromatic heterocycles. The van der Waals surface area contributed by atoms with Crippen molar-refractivity contribution in [2.75, 3.05) is 6.61 Å². The number of aromatic nitrogens is 3. The number of nitrogens with zero attached hydrogens (tertiary/aromatic N) is 3. The molecular weight excluding hydrogens is 352 g/mol. The standard InChI is InChI=1S/C18H16N4O5/c1-11-13(17(22-27-11)14-4-2-3-7-20-14)9-25-12-5-6-15(21-8-12)18(24)26-10-16(19)23/h2-8H,9-10H2,1H3,(H2,19,23). The van der Waals surface area contributed by atoms with Crippen molar-refractivity contribution in [2.24, 2.45) is 5.73 Å². The average Bonchev–Trinajstić information content (AvgIpc) is 3.06. The third-order valence-corrected chi connectivity index (χ3v) is 3.57. The zero-order valence-electron chi connectivity index (χ0n) is 14.4. The molecule has 0 aliphatic rings. The number of hydrogen-bond donors (Lipinski definition) is 1. The molecule has 0 saturated heterocycles. The molecule has 9 nitrogen and oxygen atoms in total. The minimum absolute atomic E-state index is 0.0407. The lowest BCUT2D eigenvalue weighted by molar-refractivity contribution is -0.121. The highest BCUT2D eigenvalue weighted by Gasteiger charge is 2.16. The summed E-state index contributed by atoms with van der Waals surface area (Å²) in [6, 6.07) is 8.50. The highest BCUT2D eigenvalue weighted by Crippen LogP contribution is 2.24. The first-order chi connectivity index (χ1) is 13.0. The number of primary amides is 1. The van der Waals surface area contributed by atoms with Crippen LogP contribution in [0.2, 0.25) is 0 Å². The summed E-state index contributed by atoms with van der Waals surface area (Å²) in [6.07, 6.45) is 3.05. The highest BCUT2D eigenvalue weighted by molar-refractivity contribution is 5.89. The molecule has 1 amide bonds. The van der Waals surface area contributed by atoms with E-state index in [1.165, 1.54) is 12.3 Å². The van der Waals surface area contributed by atoms with Gasteiger partial charge in [-0.2, -0.15) is 0 Å². The minimum atomic E-state index is -0.743. The molecule has 2 N–H and O–H groups in total. The van der Waals surface area contributed by atoms with Gasteiger partial charge >= 0.3 is 5.97 Å². The summed E-state index contributed by atoms with van der Waals surface area (Å²) in [5.74, 6) is -0.423. The Hall–Kier alpha value is -3.75. The van der Waals surface area contributed by atoms with Gasteiger partial charge in [-0.15, -0.1) is 0 Å². The van der Waals surface area contributed by atoms with E-state index in [2.05, 4.69) is 19.9 Å². The summed E-state index contributed by atoms with van der Waals surface area (Å²) < 4.78 is 15.6. The lowest BCUT2D eigenvalue weighted by Crippen LogP contribution is -2.21. The van der Waals surface area contributed by atoms with Crippen LogP contribution >= 0.6 is 0 Å². The fourth-order valence-electron chi connectivity index (χ4n) is 2.22. The molecule has 0 fully saturated rings. The predicted molar refractivity (Wildman–Crippen MR) is 92.5 cm³/mol. The summed E-state index contributed by atoms with van der Waals surface area (Å²) in [5, 5.41) is 4.04. The number of pyridine rings is 2. The van der Waals surface area contributed by atoms with Crippen molar-refractivity contribution in [2.45, 2.75) is 13.5 Å². The first kappa shape index (κ1) is 18.1. The van der Waals surface area contributed by atoms with Gasteiger partial charge in [0.2, 0.25) is 0 Å². The minimum Gasteiger partial charge on any atom is -0.487 e. The van der Waals surface area contributed by atoms with Crippen molar-refractivity contribution in [3.05, 3.63) is 59.7 Å². The van der Waals surface area contributed by atoms with Crippen LogP contribution in [0, 0.1) is 6.92 Å². The van der Waals surface area contributed by atoms with Gasteiger partial charge in [0.05, 0.1) is 17.5 Å². The zero-order chi connectivity index (χ0) is 19.2. The fourth-order valence-corrected chi connectivity index (χ4v) is 2.22. The topological polar surface area (TPSA) is 130 Å². The van der Waals surface area contributed by atoms with Gasteiger partial charge in [0, 0.05) is 6.20 Å². The van der Waals surface area contributed by atoms with E-state index in [1.807, 2.05) is 18.2 Å². The molecule has 0 saturated carbocycles. The molecule has 3 aromatic rings. The Labute approximate surface area is 154 Å². The van der Waals surface area contributed by atoms with Gasteiger partial charge in [0.25, 0.3) is 5.91 Å². The Morgan fingerprint density at radius 3 is 2.70 bits per heavy atom. The number of nitrogens with two attached hydrogens (primary N) is 1. The molecule has 0 unspecified atom stereocenters. The maximum absolute atomic E-state index is 11.7. The molecule has 0 atom stereocenters. The van der Waals surface area contributed by atoms with Gasteiger partial charge < -0.3 is 19.7 Å². The van der Waals surface area contributed by atoms with Crippen LogP contribution < -0.4 is 10.5 Å². The van der Waals surface area contributed by atoms with Gasteiger partial charge in [0.1, 0.15) is 29.5 Å². The average molecular weight is 368 g/mol. The van der Waals surface area contributed by atoms with Crippen molar-refractivity contribution >= 4 is 11.9 Å². The largest absolute Gasteiger partial charge is 0.487 e. The van der Waals surface area contributed by atoms with Crippen LogP contribution in [-0.2, 0) is 16.1 Å². The van der Waals surface area contributed by atoms with Gasteiger partial charge in [0.15, 0.2) is 6.61 Å². The van der Waals surface area contributed by atoms with Crippen LogP contribution in [0.25, 0.3) is 11.4 Å². The van der Waals surface area contributed by atoms with Gasteiger partial charge in [-0.1, -0.05) is 11.2 Å². The SMILES string of the molecule is Cc1onc(-c2ccccn2)c1COc1ccc(C(=O)OCC(N)=O)nc1. The first-order valence-electron chi connectivity index (χ1n) is 7.95. The van der Waals surface area contributed by atoms with Crippen molar-refractivity contribution in [3.63, 3.8) is 0 Å². The number of ether oxygens (including phenoxy) is 2. The maximum atomic E-state index is 11.7. The normalized spacial score (nSPS) is 10.4. The van der Waals surface area contributed by atoms with E-state index in [1.54, 1.807) is 19.2 Å². The van der Waals surface area contributed by atoms with Crippen LogP contribution in [-0.4, -0.2) is 33.6 Å². The summed E-state index contributed by atoms with van der Waals surface area (Å²) >= 11 is 0. The molecule has 0 aliphatic carbocycles. The second kappa shape index (κ2) is 8.09. The molecule has 3 heterocycles. The monoisotopic (exact) mass is 368 g/mol. The molecule has 0 bridgehead atoms. The second-order valence-corrected chi connectivity index (χ2v) is 5.49. The molecule has 0 aromatic carbocycles. The number of amides is 1. The number of hydrogen-bond acceptors (Lipinski definition) is 8. The number of aryl methyl sites for hydroxylation is 1. The summed E-state index contributed by atoms with van der Waals surface area (Å²) in [4.78, 5) is 30.5. The third-order valence-electron chi connectivity index (χ3n) is 3.57. The van der Waals surface area contributed by atoms with E-state index < -0.39 is 18.5 Å². The fraction of sp³-hybridized carbons (Fsp3) is 0.167.